The van der Waals surface area contributed by atoms with Crippen LogP contribution in [0.25, 0.3) is 0 Å². The second-order valence-corrected chi connectivity index (χ2v) is 5.43. The molecule has 0 spiro atoms. The van der Waals surface area contributed by atoms with Gasteiger partial charge in [0.2, 0.25) is 0 Å². The third kappa shape index (κ3) is 3.90. The van der Waals surface area contributed by atoms with E-state index in [1.807, 2.05) is 31.2 Å². The van der Waals surface area contributed by atoms with Gasteiger partial charge < -0.3 is 9.64 Å². The zero-order valence-corrected chi connectivity index (χ0v) is 13.9. The zero-order chi connectivity index (χ0) is 16.1. The average Bonchev–Trinajstić information content (AvgIpc) is 2.54. The van der Waals surface area contributed by atoms with E-state index in [4.69, 9.17) is 27.9 Å². The Morgan fingerprint density at radius 1 is 1.18 bits per heavy atom. The molecule has 0 bridgehead atoms. The summed E-state index contributed by atoms with van der Waals surface area (Å²) in [5.74, 6) is 0.531. The molecule has 0 saturated heterocycles. The third-order valence-electron chi connectivity index (χ3n) is 3.22. The average molecular weight is 339 g/mol. The Morgan fingerprint density at radius 2 is 1.86 bits per heavy atom. The molecule has 2 aromatic rings. The number of ether oxygens (including phenoxy) is 1. The van der Waals surface area contributed by atoms with Crippen molar-refractivity contribution in [3.8, 4) is 5.75 Å². The third-order valence-corrected chi connectivity index (χ3v) is 3.73. The van der Waals surface area contributed by atoms with Gasteiger partial charge in [-0.3, -0.25) is 4.79 Å². The minimum atomic E-state index is -0.245. The number of benzene rings is 1. The van der Waals surface area contributed by atoms with Crippen molar-refractivity contribution in [3.05, 3.63) is 57.8 Å². The zero-order valence-electron chi connectivity index (χ0n) is 12.3. The van der Waals surface area contributed by atoms with Crippen LogP contribution >= 0.6 is 23.2 Å². The summed E-state index contributed by atoms with van der Waals surface area (Å²) in [6, 6.07) is 10.7. The van der Waals surface area contributed by atoms with E-state index < -0.39 is 0 Å². The van der Waals surface area contributed by atoms with Gasteiger partial charge in [0.05, 0.1) is 12.1 Å². The molecule has 0 fully saturated rings. The van der Waals surface area contributed by atoms with Gasteiger partial charge in [-0.25, -0.2) is 4.98 Å². The highest BCUT2D eigenvalue weighted by atomic mass is 35.5. The van der Waals surface area contributed by atoms with E-state index in [1.165, 1.54) is 0 Å². The Labute approximate surface area is 139 Å². The van der Waals surface area contributed by atoms with Crippen molar-refractivity contribution in [1.82, 2.24) is 9.88 Å². The van der Waals surface area contributed by atoms with Gasteiger partial charge in [-0.15, -0.1) is 0 Å². The van der Waals surface area contributed by atoms with Crippen LogP contribution in [0.2, 0.25) is 10.2 Å². The summed E-state index contributed by atoms with van der Waals surface area (Å²) in [6.45, 7) is 2.90. The smallest absolute Gasteiger partial charge is 0.274 e. The number of hydrogen-bond acceptors (Lipinski definition) is 3. The minimum absolute atomic E-state index is 0.171. The van der Waals surface area contributed by atoms with Gasteiger partial charge in [-0.05, 0) is 36.8 Å². The lowest BCUT2D eigenvalue weighted by Crippen LogP contribution is -2.31. The van der Waals surface area contributed by atoms with Gasteiger partial charge >= 0.3 is 0 Å². The molecule has 116 valence electrons. The maximum absolute atomic E-state index is 12.6. The highest BCUT2D eigenvalue weighted by Crippen LogP contribution is 2.20. The molecule has 1 heterocycles. The maximum atomic E-state index is 12.6. The van der Waals surface area contributed by atoms with E-state index in [9.17, 15) is 4.79 Å². The lowest BCUT2D eigenvalue weighted by Gasteiger charge is -2.21. The van der Waals surface area contributed by atoms with E-state index in [-0.39, 0.29) is 16.8 Å². The molecule has 0 radical (unpaired) electrons. The van der Waals surface area contributed by atoms with Crippen LogP contribution in [0.4, 0.5) is 0 Å². The van der Waals surface area contributed by atoms with Crippen LogP contribution in [0.15, 0.2) is 36.4 Å². The molecule has 0 aliphatic carbocycles. The molecular formula is C16H16Cl2N2O2. The summed E-state index contributed by atoms with van der Waals surface area (Å²) in [4.78, 5) is 18.3. The lowest BCUT2D eigenvalue weighted by atomic mass is 10.2. The monoisotopic (exact) mass is 338 g/mol. The number of methoxy groups -OCH3 is 1. The van der Waals surface area contributed by atoms with Gasteiger partial charge in [-0.1, -0.05) is 35.3 Å². The van der Waals surface area contributed by atoms with Crippen LogP contribution in [0.1, 0.15) is 23.0 Å². The Morgan fingerprint density at radius 3 is 2.45 bits per heavy atom. The first-order chi connectivity index (χ1) is 10.5. The second kappa shape index (κ2) is 7.47. The normalized spacial score (nSPS) is 10.4. The maximum Gasteiger partial charge on any atom is 0.274 e. The molecule has 4 nitrogen and oxygen atoms in total. The summed E-state index contributed by atoms with van der Waals surface area (Å²) in [7, 11) is 1.61. The Bertz CT molecular complexity index is 660. The summed E-state index contributed by atoms with van der Waals surface area (Å²) in [6.07, 6.45) is 0. The SMILES string of the molecule is CCN(Cc1ccc(OC)cc1)C(=O)c1nc(Cl)ccc1Cl. The summed E-state index contributed by atoms with van der Waals surface area (Å²) in [5, 5.41) is 0.538. The van der Waals surface area contributed by atoms with E-state index >= 15 is 0 Å². The van der Waals surface area contributed by atoms with Gasteiger partial charge in [0.15, 0.2) is 0 Å². The fourth-order valence-corrected chi connectivity index (χ4v) is 2.33. The largest absolute Gasteiger partial charge is 0.497 e. The molecule has 1 aromatic heterocycles. The van der Waals surface area contributed by atoms with Crippen molar-refractivity contribution in [3.63, 3.8) is 0 Å². The van der Waals surface area contributed by atoms with E-state index in [2.05, 4.69) is 4.98 Å². The first-order valence-corrected chi connectivity index (χ1v) is 7.55. The Kier molecular flexibility index (Phi) is 5.63. The molecule has 0 atom stereocenters. The predicted molar refractivity (Wildman–Crippen MR) is 87.7 cm³/mol. The molecule has 0 aliphatic heterocycles. The van der Waals surface area contributed by atoms with Crippen LogP contribution in [0.5, 0.6) is 5.75 Å². The lowest BCUT2D eigenvalue weighted by molar-refractivity contribution is 0.0747. The molecule has 0 unspecified atom stereocenters. The summed E-state index contributed by atoms with van der Waals surface area (Å²) in [5.41, 5.74) is 1.17. The summed E-state index contributed by atoms with van der Waals surface area (Å²) >= 11 is 11.9. The van der Waals surface area contributed by atoms with E-state index in [0.717, 1.165) is 11.3 Å². The van der Waals surface area contributed by atoms with Crippen LogP contribution in [-0.2, 0) is 6.54 Å². The number of carbonyl (C=O) groups excluding carboxylic acids is 1. The highest BCUT2D eigenvalue weighted by Gasteiger charge is 2.19. The summed E-state index contributed by atoms with van der Waals surface area (Å²) < 4.78 is 5.12. The van der Waals surface area contributed by atoms with Crippen LogP contribution in [-0.4, -0.2) is 29.4 Å². The Hall–Kier alpha value is -1.78. The standard InChI is InChI=1S/C16H16Cl2N2O2/c1-3-20(10-11-4-6-12(22-2)7-5-11)16(21)15-13(17)8-9-14(18)19-15/h4-9H,3,10H2,1-2H3. The number of rotatable bonds is 5. The molecule has 0 N–H and O–H groups in total. The topological polar surface area (TPSA) is 42.4 Å². The number of hydrogen-bond donors (Lipinski definition) is 0. The van der Waals surface area contributed by atoms with Crippen molar-refractivity contribution in [2.24, 2.45) is 0 Å². The molecule has 0 saturated carbocycles. The van der Waals surface area contributed by atoms with Crippen molar-refractivity contribution in [2.75, 3.05) is 13.7 Å². The number of pyridine rings is 1. The fraction of sp³-hybridized carbons (Fsp3) is 0.250. The number of nitrogens with zero attached hydrogens (tertiary/aromatic N) is 2. The van der Waals surface area contributed by atoms with Crippen molar-refractivity contribution >= 4 is 29.1 Å². The first-order valence-electron chi connectivity index (χ1n) is 6.79. The minimum Gasteiger partial charge on any atom is -0.497 e. The number of halogens is 2. The molecule has 1 aromatic carbocycles. The quantitative estimate of drug-likeness (QED) is 0.772. The number of carbonyl (C=O) groups is 1. The molecule has 6 heteroatoms. The van der Waals surface area contributed by atoms with Crippen LogP contribution in [0.3, 0.4) is 0 Å². The molecule has 0 aliphatic rings. The highest BCUT2D eigenvalue weighted by molar-refractivity contribution is 6.34. The fourth-order valence-electron chi connectivity index (χ4n) is 2.00. The van der Waals surface area contributed by atoms with E-state index in [1.54, 1.807) is 24.1 Å². The van der Waals surface area contributed by atoms with Crippen LogP contribution < -0.4 is 4.74 Å². The molecular weight excluding hydrogens is 323 g/mol. The van der Waals surface area contributed by atoms with E-state index in [0.29, 0.717) is 18.1 Å². The molecule has 22 heavy (non-hydrogen) atoms. The second-order valence-electron chi connectivity index (χ2n) is 4.63. The number of amides is 1. The van der Waals surface area contributed by atoms with Gasteiger partial charge in [-0.2, -0.15) is 0 Å². The number of aromatic nitrogens is 1. The molecule has 1 amide bonds. The van der Waals surface area contributed by atoms with Gasteiger partial charge in [0.1, 0.15) is 16.6 Å². The van der Waals surface area contributed by atoms with Gasteiger partial charge in [0, 0.05) is 13.1 Å². The predicted octanol–water partition coefficient (Wildman–Crippen LogP) is 4.06. The van der Waals surface area contributed by atoms with Crippen LogP contribution in [0, 0.1) is 0 Å². The van der Waals surface area contributed by atoms with Crippen molar-refractivity contribution in [1.29, 1.82) is 0 Å². The molecule has 2 rings (SSSR count). The Balaban J connectivity index is 2.19. The van der Waals surface area contributed by atoms with Crippen molar-refractivity contribution < 1.29 is 9.53 Å². The first kappa shape index (κ1) is 16.6. The van der Waals surface area contributed by atoms with Crippen molar-refractivity contribution in [2.45, 2.75) is 13.5 Å². The van der Waals surface area contributed by atoms with Gasteiger partial charge in [0.25, 0.3) is 5.91 Å².